The fourth-order valence-corrected chi connectivity index (χ4v) is 2.46. The Morgan fingerprint density at radius 2 is 1.85 bits per heavy atom. The van der Waals surface area contributed by atoms with Gasteiger partial charge in [0.2, 0.25) is 0 Å². The van der Waals surface area contributed by atoms with Crippen molar-refractivity contribution in [3.63, 3.8) is 0 Å². The number of hydrogen-bond acceptors (Lipinski definition) is 2. The van der Waals surface area contributed by atoms with E-state index >= 15 is 0 Å². The van der Waals surface area contributed by atoms with E-state index in [2.05, 4.69) is 23.7 Å². The predicted octanol–water partition coefficient (Wildman–Crippen LogP) is 2.68. The van der Waals surface area contributed by atoms with Crippen LogP contribution in [0.1, 0.15) is 25.5 Å². The van der Waals surface area contributed by atoms with E-state index in [4.69, 9.17) is 0 Å². The van der Waals surface area contributed by atoms with E-state index in [0.29, 0.717) is 11.6 Å². The molecule has 0 unspecified atom stereocenters. The number of fused-ring (bicyclic) bond motifs is 1. The van der Waals surface area contributed by atoms with Crippen LogP contribution >= 0.6 is 12.4 Å². The van der Waals surface area contributed by atoms with Gasteiger partial charge in [0, 0.05) is 34.8 Å². The van der Waals surface area contributed by atoms with Crippen molar-refractivity contribution in [2.24, 2.45) is 0 Å². The third kappa shape index (κ3) is 2.12. The molecule has 0 atom stereocenters. The number of nitrogens with zero attached hydrogens (tertiary/aromatic N) is 1. The number of halogens is 1. The maximum Gasteiger partial charge on any atom is 0.258 e. The number of imide groups is 1. The van der Waals surface area contributed by atoms with Crippen molar-refractivity contribution >= 4 is 40.7 Å². The predicted molar refractivity (Wildman–Crippen MR) is 80.7 cm³/mol. The summed E-state index contributed by atoms with van der Waals surface area (Å²) in [7, 11) is 0. The van der Waals surface area contributed by atoms with Crippen molar-refractivity contribution < 1.29 is 9.59 Å². The smallest absolute Gasteiger partial charge is 0.258 e. The highest BCUT2D eigenvalue weighted by Gasteiger charge is 2.25. The zero-order valence-corrected chi connectivity index (χ0v) is 12.0. The van der Waals surface area contributed by atoms with Crippen LogP contribution in [0.4, 0.5) is 0 Å². The zero-order chi connectivity index (χ0) is 13.6. The second-order valence-electron chi connectivity index (χ2n) is 4.94. The van der Waals surface area contributed by atoms with Crippen LogP contribution in [-0.2, 0) is 9.59 Å². The summed E-state index contributed by atoms with van der Waals surface area (Å²) in [5, 5.41) is 3.28. The molecule has 1 aromatic heterocycles. The van der Waals surface area contributed by atoms with Gasteiger partial charge in [-0.2, -0.15) is 0 Å². The maximum atomic E-state index is 11.8. The Bertz CT molecular complexity index is 729. The van der Waals surface area contributed by atoms with E-state index in [1.54, 1.807) is 0 Å². The molecule has 1 aliphatic heterocycles. The highest BCUT2D eigenvalue weighted by atomic mass is 35.5. The quantitative estimate of drug-likeness (QED) is 0.865. The Kier molecular flexibility index (Phi) is 3.68. The lowest BCUT2D eigenvalue weighted by Gasteiger charge is -2.08. The minimum absolute atomic E-state index is 0. The standard InChI is InChI=1S/C15H14N2O2.ClH/c1-9(2)17-8-12(10-5-3-4-6-13(10)17)11-7-14(18)16-15(11)19;/h3-9H,1-2H3,(H,16,18,19);1H. The highest BCUT2D eigenvalue weighted by molar-refractivity contribution is 6.35. The van der Waals surface area contributed by atoms with Gasteiger partial charge < -0.3 is 4.57 Å². The number of rotatable bonds is 2. The first-order chi connectivity index (χ1) is 9.08. The van der Waals surface area contributed by atoms with Crippen LogP contribution in [0.25, 0.3) is 16.5 Å². The molecule has 1 N–H and O–H groups in total. The first kappa shape index (κ1) is 14.3. The lowest BCUT2D eigenvalue weighted by atomic mass is 10.1. The summed E-state index contributed by atoms with van der Waals surface area (Å²) >= 11 is 0. The van der Waals surface area contributed by atoms with Crippen LogP contribution in [0.2, 0.25) is 0 Å². The molecule has 20 heavy (non-hydrogen) atoms. The summed E-state index contributed by atoms with van der Waals surface area (Å²) in [5.74, 6) is -0.668. The number of benzene rings is 1. The molecule has 3 rings (SSSR count). The molecule has 0 fully saturated rings. The number of amides is 2. The fraction of sp³-hybridized carbons (Fsp3) is 0.200. The molecule has 4 nitrogen and oxygen atoms in total. The molecule has 0 spiro atoms. The number of para-hydroxylation sites is 1. The van der Waals surface area contributed by atoms with Gasteiger partial charge in [-0.15, -0.1) is 12.4 Å². The molecule has 1 aromatic carbocycles. The van der Waals surface area contributed by atoms with Gasteiger partial charge in [0.1, 0.15) is 0 Å². The molecule has 0 saturated carbocycles. The summed E-state index contributed by atoms with van der Waals surface area (Å²) in [4.78, 5) is 23.1. The molecule has 1 aliphatic rings. The second kappa shape index (κ2) is 5.13. The molecule has 2 heterocycles. The van der Waals surface area contributed by atoms with Gasteiger partial charge in [0.25, 0.3) is 11.8 Å². The Morgan fingerprint density at radius 3 is 2.45 bits per heavy atom. The lowest BCUT2D eigenvalue weighted by molar-refractivity contribution is -0.123. The normalized spacial score (nSPS) is 14.4. The monoisotopic (exact) mass is 290 g/mol. The van der Waals surface area contributed by atoms with Gasteiger partial charge in [-0.1, -0.05) is 18.2 Å². The largest absolute Gasteiger partial charge is 0.344 e. The summed E-state index contributed by atoms with van der Waals surface area (Å²) in [6.45, 7) is 4.18. The number of carbonyl (C=O) groups is 2. The third-order valence-electron chi connectivity index (χ3n) is 3.34. The van der Waals surface area contributed by atoms with Crippen molar-refractivity contribution in [1.29, 1.82) is 0 Å². The topological polar surface area (TPSA) is 51.1 Å². The molecule has 2 aromatic rings. The van der Waals surface area contributed by atoms with Crippen molar-refractivity contribution in [2.75, 3.05) is 0 Å². The van der Waals surface area contributed by atoms with Crippen LogP contribution in [0, 0.1) is 0 Å². The number of nitrogens with one attached hydrogen (secondary N) is 1. The van der Waals surface area contributed by atoms with Crippen molar-refractivity contribution in [3.8, 4) is 0 Å². The molecule has 0 aliphatic carbocycles. The molecule has 5 heteroatoms. The number of carbonyl (C=O) groups excluding carboxylic acids is 2. The van der Waals surface area contributed by atoms with Crippen LogP contribution < -0.4 is 5.32 Å². The first-order valence-electron chi connectivity index (χ1n) is 6.25. The third-order valence-corrected chi connectivity index (χ3v) is 3.34. The second-order valence-corrected chi connectivity index (χ2v) is 4.94. The van der Waals surface area contributed by atoms with Crippen molar-refractivity contribution in [2.45, 2.75) is 19.9 Å². The summed E-state index contributed by atoms with van der Waals surface area (Å²) in [5.41, 5.74) is 2.33. The van der Waals surface area contributed by atoms with Gasteiger partial charge in [-0.25, -0.2) is 0 Å². The maximum absolute atomic E-state index is 11.8. The molecular formula is C15H15ClN2O2. The molecule has 0 bridgehead atoms. The first-order valence-corrected chi connectivity index (χ1v) is 6.25. The minimum atomic E-state index is -0.346. The van der Waals surface area contributed by atoms with Gasteiger partial charge in [-0.3, -0.25) is 14.9 Å². The Labute approximate surface area is 122 Å². The van der Waals surface area contributed by atoms with Gasteiger partial charge >= 0.3 is 0 Å². The summed E-state index contributed by atoms with van der Waals surface area (Å²) in [6, 6.07) is 8.19. The van der Waals surface area contributed by atoms with E-state index in [-0.39, 0.29) is 24.2 Å². The molecular weight excluding hydrogens is 276 g/mol. The van der Waals surface area contributed by atoms with E-state index in [1.807, 2.05) is 30.5 Å². The number of hydrogen-bond donors (Lipinski definition) is 1. The SMILES string of the molecule is CC(C)n1cc(C2=CC(=O)NC2=O)c2ccccc21.Cl. The fourth-order valence-electron chi connectivity index (χ4n) is 2.46. The van der Waals surface area contributed by atoms with Gasteiger partial charge in [-0.05, 0) is 19.9 Å². The Hall–Kier alpha value is -2.07. The van der Waals surface area contributed by atoms with E-state index in [1.165, 1.54) is 6.08 Å². The van der Waals surface area contributed by atoms with Crippen molar-refractivity contribution in [3.05, 3.63) is 42.1 Å². The summed E-state index contributed by atoms with van der Waals surface area (Å²) < 4.78 is 2.11. The lowest BCUT2D eigenvalue weighted by Crippen LogP contribution is -2.21. The Balaban J connectivity index is 0.00000147. The van der Waals surface area contributed by atoms with Gasteiger partial charge in [0.15, 0.2) is 0 Å². The average molecular weight is 291 g/mol. The van der Waals surface area contributed by atoms with Crippen LogP contribution in [0.15, 0.2) is 36.5 Å². The van der Waals surface area contributed by atoms with Crippen LogP contribution in [0.5, 0.6) is 0 Å². The Morgan fingerprint density at radius 1 is 1.15 bits per heavy atom. The van der Waals surface area contributed by atoms with Gasteiger partial charge in [0.05, 0.1) is 5.57 Å². The molecule has 2 amide bonds. The highest BCUT2D eigenvalue weighted by Crippen LogP contribution is 2.30. The summed E-state index contributed by atoms with van der Waals surface area (Å²) in [6.07, 6.45) is 3.31. The molecule has 0 saturated heterocycles. The average Bonchev–Trinajstić information content (AvgIpc) is 2.89. The van der Waals surface area contributed by atoms with Crippen molar-refractivity contribution in [1.82, 2.24) is 9.88 Å². The van der Waals surface area contributed by atoms with E-state index in [0.717, 1.165) is 16.5 Å². The van der Waals surface area contributed by atoms with E-state index in [9.17, 15) is 9.59 Å². The number of aromatic nitrogens is 1. The molecule has 104 valence electrons. The van der Waals surface area contributed by atoms with E-state index < -0.39 is 0 Å². The zero-order valence-electron chi connectivity index (χ0n) is 11.2. The minimum Gasteiger partial charge on any atom is -0.344 e. The van der Waals surface area contributed by atoms with Crippen LogP contribution in [-0.4, -0.2) is 16.4 Å². The molecule has 0 radical (unpaired) electrons. The van der Waals surface area contributed by atoms with Crippen LogP contribution in [0.3, 0.4) is 0 Å².